The lowest BCUT2D eigenvalue weighted by molar-refractivity contribution is -0.120. The zero-order valence-corrected chi connectivity index (χ0v) is 18.6. The Morgan fingerprint density at radius 1 is 1.00 bits per heavy atom. The van der Waals surface area contributed by atoms with E-state index in [4.69, 9.17) is 4.74 Å². The van der Waals surface area contributed by atoms with Crippen LogP contribution in [0.3, 0.4) is 0 Å². The molecule has 0 saturated carbocycles. The van der Waals surface area contributed by atoms with Gasteiger partial charge in [0, 0.05) is 37.6 Å². The van der Waals surface area contributed by atoms with Crippen LogP contribution in [0.1, 0.15) is 18.4 Å². The first-order valence-corrected chi connectivity index (χ1v) is 12.2. The SMILES string of the molecule is Cc1ccc(S(=O)(=O)N2CCC[C@@H](C(=O)Nc3ccc(N4CCOCC4)cc3)C2)cc1. The van der Waals surface area contributed by atoms with E-state index < -0.39 is 10.0 Å². The van der Waals surface area contributed by atoms with Crippen LogP contribution in [0, 0.1) is 12.8 Å². The summed E-state index contributed by atoms with van der Waals surface area (Å²) in [5.74, 6) is -0.504. The minimum atomic E-state index is -3.60. The number of carbonyl (C=O) groups is 1. The zero-order chi connectivity index (χ0) is 21.8. The van der Waals surface area contributed by atoms with Crippen molar-refractivity contribution in [2.75, 3.05) is 49.6 Å². The molecule has 2 heterocycles. The number of morpholine rings is 1. The van der Waals surface area contributed by atoms with Crippen molar-refractivity contribution >= 4 is 27.3 Å². The molecule has 2 aromatic carbocycles. The fourth-order valence-electron chi connectivity index (χ4n) is 4.06. The highest BCUT2D eigenvalue weighted by atomic mass is 32.2. The molecule has 0 spiro atoms. The third-order valence-electron chi connectivity index (χ3n) is 5.92. The Balaban J connectivity index is 1.39. The number of nitrogens with zero attached hydrogens (tertiary/aromatic N) is 2. The number of anilines is 2. The summed E-state index contributed by atoms with van der Waals surface area (Å²) >= 11 is 0. The van der Waals surface area contributed by atoms with Crippen LogP contribution in [0.25, 0.3) is 0 Å². The van der Waals surface area contributed by atoms with Crippen molar-refractivity contribution in [3.8, 4) is 0 Å². The smallest absolute Gasteiger partial charge is 0.243 e. The monoisotopic (exact) mass is 443 g/mol. The summed E-state index contributed by atoms with van der Waals surface area (Å²) in [4.78, 5) is 15.4. The van der Waals surface area contributed by atoms with Crippen LogP contribution in [-0.4, -0.2) is 58.0 Å². The Hall–Kier alpha value is -2.42. The third-order valence-corrected chi connectivity index (χ3v) is 7.80. The highest BCUT2D eigenvalue weighted by molar-refractivity contribution is 7.89. The predicted molar refractivity (Wildman–Crippen MR) is 121 cm³/mol. The molecule has 2 aliphatic rings. The maximum absolute atomic E-state index is 13.0. The van der Waals surface area contributed by atoms with Crippen molar-refractivity contribution in [1.82, 2.24) is 4.31 Å². The molecule has 0 radical (unpaired) electrons. The number of benzene rings is 2. The zero-order valence-electron chi connectivity index (χ0n) is 17.8. The van der Waals surface area contributed by atoms with Crippen LogP contribution in [0.15, 0.2) is 53.4 Å². The molecule has 0 aromatic heterocycles. The number of nitrogens with one attached hydrogen (secondary N) is 1. The van der Waals surface area contributed by atoms with Gasteiger partial charge in [0.1, 0.15) is 0 Å². The quantitative estimate of drug-likeness (QED) is 0.769. The van der Waals surface area contributed by atoms with E-state index >= 15 is 0 Å². The second-order valence-electron chi connectivity index (χ2n) is 8.15. The minimum Gasteiger partial charge on any atom is -0.378 e. The van der Waals surface area contributed by atoms with Gasteiger partial charge in [-0.3, -0.25) is 4.79 Å². The van der Waals surface area contributed by atoms with E-state index in [2.05, 4.69) is 10.2 Å². The average Bonchev–Trinajstić information content (AvgIpc) is 2.80. The molecule has 7 nitrogen and oxygen atoms in total. The highest BCUT2D eigenvalue weighted by Gasteiger charge is 2.33. The number of ether oxygens (including phenoxy) is 1. The summed E-state index contributed by atoms with van der Waals surface area (Å²) in [6, 6.07) is 14.6. The number of piperidine rings is 1. The lowest BCUT2D eigenvalue weighted by Gasteiger charge is -2.31. The Bertz CT molecular complexity index is 1000. The number of sulfonamides is 1. The number of hydrogen-bond acceptors (Lipinski definition) is 5. The summed E-state index contributed by atoms with van der Waals surface area (Å²) in [6.07, 6.45) is 1.34. The Labute approximate surface area is 184 Å². The van der Waals surface area contributed by atoms with Gasteiger partial charge in [0.2, 0.25) is 15.9 Å². The van der Waals surface area contributed by atoms with Gasteiger partial charge in [0.25, 0.3) is 0 Å². The normalized spacial score (nSPS) is 20.4. The van der Waals surface area contributed by atoms with Gasteiger partial charge in [0.15, 0.2) is 0 Å². The molecule has 2 aliphatic heterocycles. The summed E-state index contributed by atoms with van der Waals surface area (Å²) in [7, 11) is -3.60. The number of rotatable bonds is 5. The van der Waals surface area contributed by atoms with Crippen LogP contribution in [0.4, 0.5) is 11.4 Å². The molecule has 8 heteroatoms. The molecular weight excluding hydrogens is 414 g/mol. The van der Waals surface area contributed by atoms with Gasteiger partial charge in [-0.05, 0) is 56.2 Å². The van der Waals surface area contributed by atoms with E-state index in [1.165, 1.54) is 4.31 Å². The number of amides is 1. The molecule has 0 bridgehead atoms. The van der Waals surface area contributed by atoms with E-state index in [0.717, 1.165) is 43.2 Å². The van der Waals surface area contributed by atoms with Crippen molar-refractivity contribution in [3.63, 3.8) is 0 Å². The molecule has 1 N–H and O–H groups in total. The summed E-state index contributed by atoms with van der Waals surface area (Å²) in [5, 5.41) is 2.96. The first-order chi connectivity index (χ1) is 14.9. The largest absolute Gasteiger partial charge is 0.378 e. The summed E-state index contributed by atoms with van der Waals surface area (Å²) in [5.41, 5.74) is 2.84. The first kappa shape index (κ1) is 21.8. The molecule has 31 heavy (non-hydrogen) atoms. The van der Waals surface area contributed by atoms with Crippen LogP contribution < -0.4 is 10.2 Å². The van der Waals surface area contributed by atoms with E-state index in [1.54, 1.807) is 24.3 Å². The van der Waals surface area contributed by atoms with Gasteiger partial charge in [-0.1, -0.05) is 17.7 Å². The van der Waals surface area contributed by atoms with Gasteiger partial charge in [-0.2, -0.15) is 4.31 Å². The molecule has 166 valence electrons. The fourth-order valence-corrected chi connectivity index (χ4v) is 5.58. The Morgan fingerprint density at radius 3 is 2.35 bits per heavy atom. The lowest BCUT2D eigenvalue weighted by Crippen LogP contribution is -2.43. The molecule has 4 rings (SSSR count). The molecule has 2 aromatic rings. The van der Waals surface area contributed by atoms with E-state index in [9.17, 15) is 13.2 Å². The summed E-state index contributed by atoms with van der Waals surface area (Å²) in [6.45, 7) is 5.73. The van der Waals surface area contributed by atoms with Crippen molar-refractivity contribution in [1.29, 1.82) is 0 Å². The van der Waals surface area contributed by atoms with E-state index in [0.29, 0.717) is 19.4 Å². The maximum atomic E-state index is 13.0. The van der Waals surface area contributed by atoms with Gasteiger partial charge in [-0.25, -0.2) is 8.42 Å². The van der Waals surface area contributed by atoms with Crippen molar-refractivity contribution in [2.24, 2.45) is 5.92 Å². The second kappa shape index (κ2) is 9.38. The molecular formula is C23H29N3O4S. The molecule has 0 aliphatic carbocycles. The predicted octanol–water partition coefficient (Wildman–Crippen LogP) is 2.87. The van der Waals surface area contributed by atoms with E-state index in [1.807, 2.05) is 31.2 Å². The lowest BCUT2D eigenvalue weighted by atomic mass is 9.98. The van der Waals surface area contributed by atoms with Gasteiger partial charge >= 0.3 is 0 Å². The van der Waals surface area contributed by atoms with Gasteiger partial charge in [0.05, 0.1) is 24.0 Å². The van der Waals surface area contributed by atoms with Crippen molar-refractivity contribution in [2.45, 2.75) is 24.7 Å². The highest BCUT2D eigenvalue weighted by Crippen LogP contribution is 2.26. The van der Waals surface area contributed by atoms with Crippen molar-refractivity contribution < 1.29 is 17.9 Å². The Kier molecular flexibility index (Phi) is 6.60. The maximum Gasteiger partial charge on any atom is 0.243 e. The average molecular weight is 444 g/mol. The first-order valence-electron chi connectivity index (χ1n) is 10.7. The standard InChI is InChI=1S/C23H29N3O4S/c1-18-4-10-22(11-5-18)31(28,29)26-12-2-3-19(17-26)23(27)24-20-6-8-21(9-7-20)25-13-15-30-16-14-25/h4-11,19H,2-3,12-17H2,1H3,(H,24,27)/t19-/m1/s1. The minimum absolute atomic E-state index is 0.136. The number of carbonyl (C=O) groups excluding carboxylic acids is 1. The molecule has 1 amide bonds. The van der Waals surface area contributed by atoms with Crippen molar-refractivity contribution in [3.05, 3.63) is 54.1 Å². The topological polar surface area (TPSA) is 79.0 Å². The third kappa shape index (κ3) is 5.08. The van der Waals surface area contributed by atoms with E-state index in [-0.39, 0.29) is 23.3 Å². The van der Waals surface area contributed by atoms with Crippen LogP contribution >= 0.6 is 0 Å². The van der Waals surface area contributed by atoms with Gasteiger partial charge < -0.3 is 15.0 Å². The van der Waals surface area contributed by atoms with Gasteiger partial charge in [-0.15, -0.1) is 0 Å². The van der Waals surface area contributed by atoms with Crippen LogP contribution in [0.5, 0.6) is 0 Å². The number of aryl methyl sites for hydroxylation is 1. The second-order valence-corrected chi connectivity index (χ2v) is 10.1. The van der Waals surface area contributed by atoms with Crippen LogP contribution in [0.2, 0.25) is 0 Å². The molecule has 2 fully saturated rings. The Morgan fingerprint density at radius 2 is 1.68 bits per heavy atom. The molecule has 2 saturated heterocycles. The molecule has 1 atom stereocenters. The van der Waals surface area contributed by atoms with Crippen LogP contribution in [-0.2, 0) is 19.6 Å². The molecule has 0 unspecified atom stereocenters. The summed E-state index contributed by atoms with van der Waals surface area (Å²) < 4.78 is 32.8. The fraction of sp³-hybridized carbons (Fsp3) is 0.435. The number of hydrogen-bond donors (Lipinski definition) is 1.